The highest BCUT2D eigenvalue weighted by Gasteiger charge is 2.38. The molecule has 2 atom stereocenters. The van der Waals surface area contributed by atoms with Crippen molar-refractivity contribution in [2.45, 2.75) is 25.8 Å². The van der Waals surface area contributed by atoms with Gasteiger partial charge in [-0.15, -0.1) is 0 Å². The predicted octanol–water partition coefficient (Wildman–Crippen LogP) is 4.10. The minimum absolute atomic E-state index is 0.238. The van der Waals surface area contributed by atoms with Gasteiger partial charge in [-0.2, -0.15) is 5.10 Å². The summed E-state index contributed by atoms with van der Waals surface area (Å²) in [4.78, 5) is 3.61. The third-order valence-corrected chi connectivity index (χ3v) is 5.58. The molecule has 4 heteroatoms. The number of ether oxygens (including phenoxy) is 1. The smallest absolute Gasteiger partial charge is 0.118 e. The highest BCUT2D eigenvalue weighted by atomic mass is 16.5. The average molecular weight is 331 g/mol. The van der Waals surface area contributed by atoms with Gasteiger partial charge < -0.3 is 15.1 Å². The maximum atomic E-state index is 5.27. The van der Waals surface area contributed by atoms with E-state index in [-0.39, 0.29) is 6.04 Å². The fourth-order valence-corrected chi connectivity index (χ4v) is 4.27. The van der Waals surface area contributed by atoms with Crippen LogP contribution in [0.3, 0.4) is 0 Å². The van der Waals surface area contributed by atoms with Crippen molar-refractivity contribution in [1.29, 1.82) is 0 Å². The molecule has 2 aromatic carbocycles. The number of fused-ring (bicyclic) bond motifs is 5. The van der Waals surface area contributed by atoms with Crippen molar-refractivity contribution in [2.75, 3.05) is 7.11 Å². The third-order valence-electron chi connectivity index (χ3n) is 5.58. The zero-order valence-electron chi connectivity index (χ0n) is 14.5. The molecule has 4 nitrogen and oxygen atoms in total. The highest BCUT2D eigenvalue weighted by molar-refractivity contribution is 6.08. The van der Waals surface area contributed by atoms with Gasteiger partial charge in [0.05, 0.1) is 24.6 Å². The normalized spacial score (nSPS) is 21.4. The topological polar surface area (TPSA) is 49.4 Å². The molecule has 1 aliphatic heterocycles. The molecule has 0 spiro atoms. The van der Waals surface area contributed by atoms with Gasteiger partial charge in [0.25, 0.3) is 0 Å². The van der Waals surface area contributed by atoms with E-state index < -0.39 is 0 Å². The molecule has 1 aromatic heterocycles. The summed E-state index contributed by atoms with van der Waals surface area (Å²) in [5, 5.41) is 6.07. The van der Waals surface area contributed by atoms with Gasteiger partial charge in [-0.3, -0.25) is 0 Å². The maximum Gasteiger partial charge on any atom is 0.118 e. The van der Waals surface area contributed by atoms with Gasteiger partial charge in [-0.05, 0) is 55.2 Å². The minimum atomic E-state index is 0.238. The Labute approximate surface area is 146 Å². The van der Waals surface area contributed by atoms with Gasteiger partial charge in [-0.1, -0.05) is 23.8 Å². The molecule has 0 fully saturated rings. The van der Waals surface area contributed by atoms with E-state index in [1.165, 1.54) is 39.0 Å². The Morgan fingerprint density at radius 3 is 2.76 bits per heavy atom. The number of hydrazone groups is 1. The third kappa shape index (κ3) is 2.17. The summed E-state index contributed by atoms with van der Waals surface area (Å²) < 4.78 is 5.27. The van der Waals surface area contributed by atoms with Gasteiger partial charge in [0.2, 0.25) is 0 Å². The molecule has 0 saturated carbocycles. The standard InChI is InChI=1S/C21H21N3O/c1-12-3-10-18-17(11-12)15-8-9-16-19(23-24-21(16)20(15)22-18)13-4-6-14(25-2)7-5-13/h3-7,10-11,16,19,22-23H,8-9H2,1-2H3. The van der Waals surface area contributed by atoms with Crippen molar-refractivity contribution in [3.63, 3.8) is 0 Å². The van der Waals surface area contributed by atoms with Crippen LogP contribution in [-0.4, -0.2) is 17.8 Å². The van der Waals surface area contributed by atoms with E-state index in [0.29, 0.717) is 5.92 Å². The second kappa shape index (κ2) is 5.38. The van der Waals surface area contributed by atoms with Crippen LogP contribution in [0.4, 0.5) is 0 Å². The van der Waals surface area contributed by atoms with Crippen molar-refractivity contribution in [2.24, 2.45) is 11.0 Å². The van der Waals surface area contributed by atoms with Crippen molar-refractivity contribution in [1.82, 2.24) is 10.4 Å². The quantitative estimate of drug-likeness (QED) is 0.743. The van der Waals surface area contributed by atoms with Gasteiger partial charge >= 0.3 is 0 Å². The Morgan fingerprint density at radius 1 is 1.12 bits per heavy atom. The fourth-order valence-electron chi connectivity index (χ4n) is 4.27. The molecule has 25 heavy (non-hydrogen) atoms. The number of H-pyrrole nitrogens is 1. The number of benzene rings is 2. The number of rotatable bonds is 2. The monoisotopic (exact) mass is 331 g/mol. The van der Waals surface area contributed by atoms with Crippen molar-refractivity contribution < 1.29 is 4.74 Å². The Hall–Kier alpha value is -2.75. The molecule has 0 amide bonds. The van der Waals surface area contributed by atoms with Crippen LogP contribution in [0.1, 0.15) is 34.8 Å². The predicted molar refractivity (Wildman–Crippen MR) is 100 cm³/mol. The second-order valence-electron chi connectivity index (χ2n) is 7.05. The second-order valence-corrected chi connectivity index (χ2v) is 7.05. The van der Waals surface area contributed by atoms with Crippen LogP contribution in [0.25, 0.3) is 10.9 Å². The largest absolute Gasteiger partial charge is 0.497 e. The highest BCUT2D eigenvalue weighted by Crippen LogP contribution is 2.40. The lowest BCUT2D eigenvalue weighted by atomic mass is 9.79. The van der Waals surface area contributed by atoms with Crippen LogP contribution >= 0.6 is 0 Å². The van der Waals surface area contributed by atoms with E-state index in [2.05, 4.69) is 47.7 Å². The van der Waals surface area contributed by atoms with Crippen molar-refractivity contribution in [3.8, 4) is 5.75 Å². The summed E-state index contributed by atoms with van der Waals surface area (Å²) in [6.07, 6.45) is 2.22. The average Bonchev–Trinajstić information content (AvgIpc) is 3.22. The lowest BCUT2D eigenvalue weighted by molar-refractivity contribution is 0.413. The van der Waals surface area contributed by atoms with Crippen LogP contribution in [0.2, 0.25) is 0 Å². The molecule has 2 aliphatic rings. The summed E-state index contributed by atoms with van der Waals surface area (Å²) in [5.41, 5.74) is 11.0. The summed E-state index contributed by atoms with van der Waals surface area (Å²) in [6, 6.07) is 15.2. The SMILES string of the molecule is COc1ccc(C2NN=C3c4[nH]c5ccc(C)cc5c4CCC32)cc1. The summed E-state index contributed by atoms with van der Waals surface area (Å²) >= 11 is 0. The van der Waals surface area contributed by atoms with E-state index in [4.69, 9.17) is 9.84 Å². The maximum absolute atomic E-state index is 5.27. The number of methoxy groups -OCH3 is 1. The van der Waals surface area contributed by atoms with Crippen LogP contribution in [0, 0.1) is 12.8 Å². The first-order valence-corrected chi connectivity index (χ1v) is 8.83. The molecule has 0 radical (unpaired) electrons. The molecule has 2 N–H and O–H groups in total. The lowest BCUT2D eigenvalue weighted by Gasteiger charge is -2.25. The molecule has 5 rings (SSSR count). The number of aryl methyl sites for hydroxylation is 2. The molecule has 0 bridgehead atoms. The first-order chi connectivity index (χ1) is 12.2. The molecule has 0 saturated heterocycles. The summed E-state index contributed by atoms with van der Waals surface area (Å²) in [5.74, 6) is 1.30. The summed E-state index contributed by atoms with van der Waals surface area (Å²) in [6.45, 7) is 2.15. The van der Waals surface area contributed by atoms with Crippen LogP contribution in [-0.2, 0) is 6.42 Å². The molecule has 2 heterocycles. The van der Waals surface area contributed by atoms with Crippen LogP contribution < -0.4 is 10.2 Å². The fraction of sp³-hybridized carbons (Fsp3) is 0.286. The molecule has 126 valence electrons. The first kappa shape index (κ1) is 14.6. The molecule has 1 aliphatic carbocycles. The molecular weight excluding hydrogens is 310 g/mol. The van der Waals surface area contributed by atoms with Crippen molar-refractivity contribution in [3.05, 3.63) is 64.8 Å². The van der Waals surface area contributed by atoms with E-state index in [1.54, 1.807) is 7.11 Å². The Kier molecular flexibility index (Phi) is 3.14. The van der Waals surface area contributed by atoms with E-state index >= 15 is 0 Å². The van der Waals surface area contributed by atoms with Gasteiger partial charge in [0.15, 0.2) is 0 Å². The lowest BCUT2D eigenvalue weighted by Crippen LogP contribution is -2.26. The van der Waals surface area contributed by atoms with E-state index in [0.717, 1.165) is 18.6 Å². The minimum Gasteiger partial charge on any atom is -0.497 e. The van der Waals surface area contributed by atoms with E-state index in [1.807, 2.05) is 12.1 Å². The van der Waals surface area contributed by atoms with Gasteiger partial charge in [-0.25, -0.2) is 0 Å². The van der Waals surface area contributed by atoms with Gasteiger partial charge in [0, 0.05) is 16.8 Å². The Balaban J connectivity index is 1.53. The number of aromatic amines is 1. The van der Waals surface area contributed by atoms with E-state index in [9.17, 15) is 0 Å². The number of aromatic nitrogens is 1. The zero-order chi connectivity index (χ0) is 17.0. The van der Waals surface area contributed by atoms with Crippen LogP contribution in [0.15, 0.2) is 47.6 Å². The Bertz CT molecular complexity index is 984. The number of nitrogens with zero attached hydrogens (tertiary/aromatic N) is 1. The Morgan fingerprint density at radius 2 is 1.96 bits per heavy atom. The number of nitrogens with one attached hydrogen (secondary N) is 2. The van der Waals surface area contributed by atoms with Crippen LogP contribution in [0.5, 0.6) is 5.75 Å². The number of hydrogen-bond acceptors (Lipinski definition) is 3. The van der Waals surface area contributed by atoms with Gasteiger partial charge in [0.1, 0.15) is 5.75 Å². The first-order valence-electron chi connectivity index (χ1n) is 8.83. The number of hydrogen-bond donors (Lipinski definition) is 2. The zero-order valence-corrected chi connectivity index (χ0v) is 14.5. The van der Waals surface area contributed by atoms with Crippen molar-refractivity contribution >= 4 is 16.6 Å². The molecule has 2 unspecified atom stereocenters. The molecule has 3 aromatic rings. The summed E-state index contributed by atoms with van der Waals surface area (Å²) in [7, 11) is 1.70. The molecular formula is C21H21N3O.